The van der Waals surface area contributed by atoms with Crippen molar-refractivity contribution in [3.05, 3.63) is 26.1 Å². The Hall–Kier alpha value is -1.22. The Balaban J connectivity index is 2.01. The molecule has 0 fully saturated rings. The lowest BCUT2D eigenvalue weighted by molar-refractivity contribution is -0.142. The van der Waals surface area contributed by atoms with Crippen molar-refractivity contribution in [2.45, 2.75) is 13.3 Å². The largest absolute Gasteiger partial charge is 0.466 e. The summed E-state index contributed by atoms with van der Waals surface area (Å²) in [6, 6.07) is 0. The van der Waals surface area contributed by atoms with E-state index in [9.17, 15) is 9.59 Å². The number of esters is 1. The highest BCUT2D eigenvalue weighted by atomic mass is 35.5. The van der Waals surface area contributed by atoms with Crippen LogP contribution in [0, 0.1) is 0 Å². The lowest BCUT2D eigenvalue weighted by atomic mass is 10.3. The summed E-state index contributed by atoms with van der Waals surface area (Å²) in [4.78, 5) is 27.4. The van der Waals surface area contributed by atoms with E-state index in [0.717, 1.165) is 11.5 Å². The highest BCUT2D eigenvalue weighted by Crippen LogP contribution is 2.30. The van der Waals surface area contributed by atoms with Gasteiger partial charge in [-0.15, -0.1) is 11.3 Å². The van der Waals surface area contributed by atoms with Crippen molar-refractivity contribution in [1.29, 1.82) is 0 Å². The Morgan fingerprint density at radius 2 is 2.19 bits per heavy atom. The molecule has 0 saturated heterocycles. The van der Waals surface area contributed by atoms with Crippen LogP contribution >= 0.6 is 46.1 Å². The van der Waals surface area contributed by atoms with Crippen LogP contribution in [0.2, 0.25) is 9.36 Å². The van der Waals surface area contributed by atoms with Crippen molar-refractivity contribution in [2.75, 3.05) is 11.9 Å². The summed E-state index contributed by atoms with van der Waals surface area (Å²) in [6.45, 7) is 2.04. The third-order valence-electron chi connectivity index (χ3n) is 2.22. The molecule has 0 saturated carbocycles. The monoisotopic (exact) mass is 365 g/mol. The molecule has 2 aromatic rings. The Morgan fingerprint density at radius 1 is 1.43 bits per heavy atom. The topological polar surface area (TPSA) is 81.2 Å². The summed E-state index contributed by atoms with van der Waals surface area (Å²) in [6.07, 6.45) is 0.0590. The maximum Gasteiger partial charge on any atom is 0.311 e. The highest BCUT2D eigenvalue weighted by Gasteiger charge is 2.19. The van der Waals surface area contributed by atoms with Gasteiger partial charge in [0.05, 0.1) is 18.7 Å². The van der Waals surface area contributed by atoms with Gasteiger partial charge in [-0.1, -0.05) is 23.2 Å². The van der Waals surface area contributed by atoms with Crippen molar-refractivity contribution < 1.29 is 14.3 Å². The fraction of sp³-hybridized carbons (Fsp3) is 0.273. The molecule has 0 spiro atoms. The van der Waals surface area contributed by atoms with Gasteiger partial charge in [-0.2, -0.15) is 4.37 Å². The number of amides is 1. The van der Waals surface area contributed by atoms with E-state index in [-0.39, 0.29) is 27.4 Å². The number of hydrogen-bond acceptors (Lipinski definition) is 7. The number of halogens is 2. The number of rotatable bonds is 5. The van der Waals surface area contributed by atoms with E-state index in [1.165, 1.54) is 11.3 Å². The number of carbonyl (C=O) groups excluding carboxylic acids is 2. The lowest BCUT2D eigenvalue weighted by Gasteiger charge is -1.99. The van der Waals surface area contributed by atoms with Gasteiger partial charge in [-0.3, -0.25) is 14.9 Å². The van der Waals surface area contributed by atoms with E-state index in [0.29, 0.717) is 17.4 Å². The second-order valence-electron chi connectivity index (χ2n) is 3.70. The number of ether oxygens (including phenoxy) is 1. The Kier molecular flexibility index (Phi) is 5.51. The van der Waals surface area contributed by atoms with Crippen LogP contribution in [-0.2, 0) is 16.0 Å². The number of carbonyl (C=O) groups is 2. The zero-order chi connectivity index (χ0) is 15.4. The minimum Gasteiger partial charge on any atom is -0.466 e. The SMILES string of the molecule is CCOC(=O)Cc1csc(NC(=O)c2nsc(Cl)c2Cl)n1. The molecule has 6 nitrogen and oxygen atoms in total. The fourth-order valence-corrected chi connectivity index (χ4v) is 3.06. The molecule has 2 rings (SSSR count). The van der Waals surface area contributed by atoms with Crippen molar-refractivity contribution in [3.8, 4) is 0 Å². The zero-order valence-corrected chi connectivity index (χ0v) is 13.8. The van der Waals surface area contributed by atoms with Gasteiger partial charge in [0, 0.05) is 5.38 Å². The quantitative estimate of drug-likeness (QED) is 0.822. The van der Waals surface area contributed by atoms with E-state index < -0.39 is 5.91 Å². The van der Waals surface area contributed by atoms with E-state index >= 15 is 0 Å². The summed E-state index contributed by atoms with van der Waals surface area (Å²) in [5.41, 5.74) is 0.574. The maximum atomic E-state index is 11.9. The first-order valence-corrected chi connectivity index (χ1v) is 8.14. The normalized spacial score (nSPS) is 10.4. The second-order valence-corrected chi connectivity index (χ2v) is 6.31. The molecule has 0 aromatic carbocycles. The summed E-state index contributed by atoms with van der Waals surface area (Å²) in [5.74, 6) is -0.866. The smallest absolute Gasteiger partial charge is 0.311 e. The summed E-state index contributed by atoms with van der Waals surface area (Å²) in [5, 5.41) is 4.68. The summed E-state index contributed by atoms with van der Waals surface area (Å²) in [7, 11) is 0. The molecule has 0 atom stereocenters. The molecule has 112 valence electrons. The third-order valence-corrected chi connectivity index (χ3v) is 4.63. The van der Waals surface area contributed by atoms with Crippen molar-refractivity contribution in [1.82, 2.24) is 9.36 Å². The molecule has 1 amide bonds. The third kappa shape index (κ3) is 4.13. The molecule has 2 aromatic heterocycles. The van der Waals surface area contributed by atoms with Gasteiger partial charge < -0.3 is 4.74 Å². The van der Waals surface area contributed by atoms with Crippen LogP contribution in [0.25, 0.3) is 0 Å². The molecule has 0 unspecified atom stereocenters. The van der Waals surface area contributed by atoms with Crippen molar-refractivity contribution in [2.24, 2.45) is 0 Å². The second kappa shape index (κ2) is 7.17. The van der Waals surface area contributed by atoms with Crippen LogP contribution in [0.3, 0.4) is 0 Å². The Labute approximate surface area is 138 Å². The van der Waals surface area contributed by atoms with E-state index in [2.05, 4.69) is 14.7 Å². The summed E-state index contributed by atoms with van der Waals surface area (Å²) >= 11 is 13.7. The molecule has 0 aliphatic rings. The predicted molar refractivity (Wildman–Crippen MR) is 82.5 cm³/mol. The number of hydrogen-bond donors (Lipinski definition) is 1. The van der Waals surface area contributed by atoms with Gasteiger partial charge in [0.1, 0.15) is 9.36 Å². The van der Waals surface area contributed by atoms with Crippen LogP contribution in [0.5, 0.6) is 0 Å². The van der Waals surface area contributed by atoms with Gasteiger partial charge in [-0.25, -0.2) is 4.98 Å². The molecule has 0 aliphatic carbocycles. The minimum atomic E-state index is -0.500. The average molecular weight is 366 g/mol. The molecule has 0 aliphatic heterocycles. The Bertz CT molecular complexity index is 671. The van der Waals surface area contributed by atoms with Crippen LogP contribution in [0.1, 0.15) is 23.1 Å². The molecule has 0 radical (unpaired) electrons. The number of nitrogens with zero attached hydrogens (tertiary/aromatic N) is 2. The molecule has 2 heterocycles. The Morgan fingerprint density at radius 3 is 2.81 bits per heavy atom. The van der Waals surface area contributed by atoms with Crippen LogP contribution in [-0.4, -0.2) is 27.8 Å². The minimum absolute atomic E-state index is 0.0498. The average Bonchev–Trinajstić information content (AvgIpc) is 2.98. The zero-order valence-electron chi connectivity index (χ0n) is 10.7. The number of anilines is 1. The standard InChI is InChI=1S/C11H9Cl2N3O3S2/c1-2-19-6(17)3-5-4-20-11(14-5)15-10(18)8-7(12)9(13)21-16-8/h4H,2-3H2,1H3,(H,14,15,18). The van der Waals surface area contributed by atoms with E-state index in [4.69, 9.17) is 27.9 Å². The molecular formula is C11H9Cl2N3O3S2. The molecule has 10 heteroatoms. The maximum absolute atomic E-state index is 11.9. The molecule has 1 N–H and O–H groups in total. The molecule has 21 heavy (non-hydrogen) atoms. The van der Waals surface area contributed by atoms with Gasteiger partial charge in [0.15, 0.2) is 10.8 Å². The number of thiazole rings is 1. The lowest BCUT2D eigenvalue weighted by Crippen LogP contribution is -2.13. The van der Waals surface area contributed by atoms with Crippen molar-refractivity contribution >= 4 is 63.1 Å². The number of aromatic nitrogens is 2. The molecular weight excluding hydrogens is 357 g/mol. The van der Waals surface area contributed by atoms with E-state index in [1.54, 1.807) is 12.3 Å². The van der Waals surface area contributed by atoms with Gasteiger partial charge in [-0.05, 0) is 18.5 Å². The van der Waals surface area contributed by atoms with E-state index in [1.807, 2.05) is 0 Å². The first-order valence-electron chi connectivity index (χ1n) is 5.73. The summed E-state index contributed by atoms with van der Waals surface area (Å²) < 4.78 is 8.93. The van der Waals surface area contributed by atoms with Crippen LogP contribution in [0.4, 0.5) is 5.13 Å². The van der Waals surface area contributed by atoms with Crippen LogP contribution < -0.4 is 5.32 Å². The van der Waals surface area contributed by atoms with Gasteiger partial charge in [0.25, 0.3) is 5.91 Å². The number of nitrogens with one attached hydrogen (secondary N) is 1. The van der Waals surface area contributed by atoms with Crippen molar-refractivity contribution in [3.63, 3.8) is 0 Å². The highest BCUT2D eigenvalue weighted by molar-refractivity contribution is 7.14. The molecule has 0 bridgehead atoms. The predicted octanol–water partition coefficient (Wildman–Crippen LogP) is 3.26. The fourth-order valence-electron chi connectivity index (χ4n) is 1.36. The van der Waals surface area contributed by atoms with Crippen LogP contribution in [0.15, 0.2) is 5.38 Å². The van der Waals surface area contributed by atoms with Gasteiger partial charge >= 0.3 is 5.97 Å². The van der Waals surface area contributed by atoms with Gasteiger partial charge in [0.2, 0.25) is 0 Å². The first kappa shape index (κ1) is 16.2. The first-order chi connectivity index (χ1) is 10.0.